The maximum atomic E-state index is 12.9. The van der Waals surface area contributed by atoms with Gasteiger partial charge in [0.25, 0.3) is 5.69 Å². The molecule has 1 unspecified atom stereocenters. The second-order valence-corrected chi connectivity index (χ2v) is 7.54. The van der Waals surface area contributed by atoms with Crippen LogP contribution in [0.25, 0.3) is 0 Å². The highest BCUT2D eigenvalue weighted by Crippen LogP contribution is 2.63. The molecule has 0 aromatic heterocycles. The first-order valence-electron chi connectivity index (χ1n) is 6.75. The topological polar surface area (TPSA) is 101 Å². The number of nitrogen functional groups attached to an aromatic ring is 1. The van der Waals surface area contributed by atoms with Crippen molar-refractivity contribution < 1.29 is 14.0 Å². The van der Waals surface area contributed by atoms with Crippen LogP contribution < -0.4 is 5.73 Å². The molecule has 2 fully saturated rings. The molecule has 0 bridgehead atoms. The lowest BCUT2D eigenvalue weighted by Gasteiger charge is -2.24. The first kappa shape index (κ1) is 14.5. The van der Waals surface area contributed by atoms with Crippen LogP contribution in [-0.2, 0) is 9.09 Å². The third-order valence-electron chi connectivity index (χ3n) is 3.58. The highest BCUT2D eigenvalue weighted by Gasteiger charge is 2.50. The van der Waals surface area contributed by atoms with Gasteiger partial charge < -0.3 is 5.73 Å². The van der Waals surface area contributed by atoms with Crippen molar-refractivity contribution >= 4 is 19.0 Å². The lowest BCUT2D eigenvalue weighted by atomic mass is 10.1. The number of anilines is 1. The molecule has 114 valence electrons. The van der Waals surface area contributed by atoms with Crippen molar-refractivity contribution in [2.24, 2.45) is 0 Å². The van der Waals surface area contributed by atoms with E-state index in [2.05, 4.69) is 0 Å². The first-order chi connectivity index (χ1) is 9.91. The molecule has 2 aliphatic heterocycles. The summed E-state index contributed by atoms with van der Waals surface area (Å²) in [6, 6.07) is 4.45. The van der Waals surface area contributed by atoms with Crippen LogP contribution in [0.4, 0.5) is 11.4 Å². The number of hydrogen-bond acceptors (Lipinski definition) is 5. The Kier molecular flexibility index (Phi) is 3.49. The van der Waals surface area contributed by atoms with Gasteiger partial charge in [0, 0.05) is 32.2 Å². The Bertz CT molecular complexity index is 614. The second-order valence-electron chi connectivity index (χ2n) is 5.22. The van der Waals surface area contributed by atoms with E-state index in [-0.39, 0.29) is 11.4 Å². The summed E-state index contributed by atoms with van der Waals surface area (Å²) < 4.78 is 22.3. The molecule has 0 amide bonds. The zero-order valence-electron chi connectivity index (χ0n) is 11.6. The largest absolute Gasteiger partial charge is 0.393 e. The predicted octanol–water partition coefficient (Wildman–Crippen LogP) is 1.99. The van der Waals surface area contributed by atoms with E-state index in [9.17, 15) is 14.7 Å². The van der Waals surface area contributed by atoms with Crippen molar-refractivity contribution in [2.75, 3.05) is 31.9 Å². The molecule has 2 aliphatic rings. The van der Waals surface area contributed by atoms with E-state index in [0.717, 1.165) is 26.2 Å². The molecule has 8 nitrogen and oxygen atoms in total. The molecular weight excluding hydrogens is 295 g/mol. The predicted molar refractivity (Wildman–Crippen MR) is 77.8 cm³/mol. The summed E-state index contributed by atoms with van der Waals surface area (Å²) in [4.78, 5) is 10.2. The van der Waals surface area contributed by atoms with Crippen LogP contribution in [0.5, 0.6) is 0 Å². The van der Waals surface area contributed by atoms with Gasteiger partial charge in [0.1, 0.15) is 5.69 Å². The molecule has 0 radical (unpaired) electrons. The van der Waals surface area contributed by atoms with E-state index < -0.39 is 18.7 Å². The van der Waals surface area contributed by atoms with Gasteiger partial charge in [0.05, 0.1) is 11.0 Å². The summed E-state index contributed by atoms with van der Waals surface area (Å²) in [7, 11) is -2.92. The average Bonchev–Trinajstić information content (AvgIpc) is 3.30. The number of hydrogen-bond donors (Lipinski definition) is 1. The number of nitrogens with zero attached hydrogens (tertiary/aromatic N) is 3. The molecule has 2 saturated heterocycles. The van der Waals surface area contributed by atoms with Gasteiger partial charge in [-0.05, 0) is 24.6 Å². The van der Waals surface area contributed by atoms with Crippen LogP contribution in [0.2, 0.25) is 0 Å². The number of nitro benzene ring substituents is 1. The van der Waals surface area contributed by atoms with Crippen LogP contribution in [0.3, 0.4) is 0 Å². The normalized spacial score (nSPS) is 20.2. The summed E-state index contributed by atoms with van der Waals surface area (Å²) >= 11 is 0. The summed E-state index contributed by atoms with van der Waals surface area (Å²) in [5.41, 5.74) is 6.31. The Balaban J connectivity index is 1.78. The van der Waals surface area contributed by atoms with Gasteiger partial charge in [-0.3, -0.25) is 19.2 Å². The maximum Gasteiger partial charge on any atom is 0.346 e. The molecule has 1 atom stereocenters. The zero-order valence-corrected chi connectivity index (χ0v) is 12.5. The Morgan fingerprint density at radius 3 is 2.33 bits per heavy atom. The zero-order chi connectivity index (χ0) is 15.2. The fraction of sp³-hybridized carbons (Fsp3) is 0.500. The van der Waals surface area contributed by atoms with Crippen LogP contribution in [0.1, 0.15) is 18.6 Å². The minimum atomic E-state index is -2.92. The summed E-state index contributed by atoms with van der Waals surface area (Å²) in [6.07, 6.45) is -0.444. The fourth-order valence-electron chi connectivity index (χ4n) is 2.17. The van der Waals surface area contributed by atoms with E-state index in [4.69, 9.17) is 10.3 Å². The molecule has 0 spiro atoms. The van der Waals surface area contributed by atoms with E-state index in [0.29, 0.717) is 5.56 Å². The van der Waals surface area contributed by atoms with Crippen molar-refractivity contribution in [3.05, 3.63) is 33.9 Å². The van der Waals surface area contributed by atoms with Gasteiger partial charge in [-0.1, -0.05) is 0 Å². The van der Waals surface area contributed by atoms with Crippen LogP contribution in [0, 0.1) is 10.1 Å². The summed E-state index contributed by atoms with van der Waals surface area (Å²) in [6.45, 7) is 4.90. The number of nitro groups is 1. The molecule has 3 rings (SSSR count). The van der Waals surface area contributed by atoms with E-state index in [1.165, 1.54) is 12.1 Å². The van der Waals surface area contributed by atoms with Crippen molar-refractivity contribution in [2.45, 2.75) is 13.0 Å². The Hall–Kier alpha value is -1.47. The Morgan fingerprint density at radius 1 is 1.33 bits per heavy atom. The third-order valence-corrected chi connectivity index (χ3v) is 6.40. The molecular formula is C12H17N4O4P. The van der Waals surface area contributed by atoms with E-state index >= 15 is 0 Å². The van der Waals surface area contributed by atoms with Gasteiger partial charge in [-0.15, -0.1) is 0 Å². The van der Waals surface area contributed by atoms with Gasteiger partial charge in [0.15, 0.2) is 0 Å². The van der Waals surface area contributed by atoms with Crippen LogP contribution in [0.15, 0.2) is 18.2 Å². The van der Waals surface area contributed by atoms with E-state index in [1.807, 2.05) is 9.34 Å². The highest BCUT2D eigenvalue weighted by atomic mass is 31.2. The minimum absolute atomic E-state index is 0.0845. The smallest absolute Gasteiger partial charge is 0.346 e. The van der Waals surface area contributed by atoms with Gasteiger partial charge in [-0.2, -0.15) is 0 Å². The standard InChI is InChI=1S/C12H17N4O4P/c1-9(10-2-3-12(16(17)18)11(13)8-10)20-21(19,14-4-5-14)15-6-7-15/h2-3,8-9H,4-7,13H2,1H3. The quantitative estimate of drug-likeness (QED) is 0.282. The maximum absolute atomic E-state index is 12.9. The molecule has 0 aliphatic carbocycles. The van der Waals surface area contributed by atoms with E-state index in [1.54, 1.807) is 13.0 Å². The molecule has 0 saturated carbocycles. The van der Waals surface area contributed by atoms with Gasteiger partial charge in [-0.25, -0.2) is 9.34 Å². The Morgan fingerprint density at radius 2 is 1.90 bits per heavy atom. The van der Waals surface area contributed by atoms with Gasteiger partial charge in [0.2, 0.25) is 0 Å². The lowest BCUT2D eigenvalue weighted by Crippen LogP contribution is -2.11. The lowest BCUT2D eigenvalue weighted by molar-refractivity contribution is -0.383. The van der Waals surface area contributed by atoms with Gasteiger partial charge >= 0.3 is 7.67 Å². The molecule has 1 aromatic carbocycles. The average molecular weight is 312 g/mol. The highest BCUT2D eigenvalue weighted by molar-refractivity contribution is 7.54. The molecule has 2 heterocycles. The summed E-state index contributed by atoms with van der Waals surface area (Å²) in [5, 5.41) is 10.8. The van der Waals surface area contributed by atoms with Crippen molar-refractivity contribution in [3.63, 3.8) is 0 Å². The second kappa shape index (κ2) is 5.06. The van der Waals surface area contributed by atoms with Crippen molar-refractivity contribution in [3.8, 4) is 0 Å². The monoisotopic (exact) mass is 312 g/mol. The molecule has 1 aromatic rings. The number of benzene rings is 1. The van der Waals surface area contributed by atoms with Crippen molar-refractivity contribution in [1.82, 2.24) is 9.34 Å². The Labute approximate surface area is 122 Å². The van der Waals surface area contributed by atoms with Crippen LogP contribution >= 0.6 is 7.67 Å². The summed E-state index contributed by atoms with van der Waals surface area (Å²) in [5.74, 6) is 0. The first-order valence-corrected chi connectivity index (χ1v) is 8.28. The third kappa shape index (κ3) is 2.80. The number of rotatable bonds is 6. The molecule has 2 N–H and O–H groups in total. The van der Waals surface area contributed by atoms with Crippen LogP contribution in [-0.4, -0.2) is 40.4 Å². The minimum Gasteiger partial charge on any atom is -0.393 e. The van der Waals surface area contributed by atoms with Crippen molar-refractivity contribution in [1.29, 1.82) is 0 Å². The fourth-order valence-corrected chi connectivity index (χ4v) is 4.51. The molecule has 21 heavy (non-hydrogen) atoms. The SMILES string of the molecule is CC(OP(=O)(N1CC1)N1CC1)c1ccc([N+](=O)[O-])c(N)c1. The number of nitrogens with two attached hydrogens (primary N) is 1. The molecule has 9 heteroatoms.